The van der Waals surface area contributed by atoms with E-state index >= 15 is 0 Å². The summed E-state index contributed by atoms with van der Waals surface area (Å²) in [4.78, 5) is 25.9. The molecule has 1 aromatic heterocycles. The average molecular weight is 425 g/mol. The number of benzene rings is 2. The highest BCUT2D eigenvalue weighted by Gasteiger charge is 2.26. The van der Waals surface area contributed by atoms with Gasteiger partial charge in [-0.1, -0.05) is 12.1 Å². The quantitative estimate of drug-likeness (QED) is 0.603. The van der Waals surface area contributed by atoms with Crippen molar-refractivity contribution in [2.75, 3.05) is 26.3 Å². The molecule has 0 radical (unpaired) electrons. The number of ether oxygens (including phenoxy) is 2. The lowest BCUT2D eigenvalue weighted by atomic mass is 10.1. The molecule has 1 aliphatic rings. The lowest BCUT2D eigenvalue weighted by Crippen LogP contribution is -2.47. The second-order valence-corrected chi connectivity index (χ2v) is 7.07. The molecular weight excluding hydrogens is 405 g/mol. The van der Waals surface area contributed by atoms with Crippen molar-refractivity contribution in [2.24, 2.45) is 0 Å². The van der Waals surface area contributed by atoms with E-state index in [1.165, 1.54) is 25.1 Å². The highest BCUT2D eigenvalue weighted by Crippen LogP contribution is 2.19. The predicted octanol–water partition coefficient (Wildman–Crippen LogP) is 2.13. The smallest absolute Gasteiger partial charge is 0.254 e. The molecule has 0 saturated carbocycles. The number of Topliss-reactive ketones (excluding diaryl/α,β-unsaturated/α-hetero) is 1. The highest BCUT2D eigenvalue weighted by atomic mass is 19.1. The Morgan fingerprint density at radius 1 is 1.26 bits per heavy atom. The molecule has 1 aliphatic heterocycles. The van der Waals surface area contributed by atoms with E-state index in [9.17, 15) is 14.0 Å². The summed E-state index contributed by atoms with van der Waals surface area (Å²) in [5, 5.41) is 13.7. The summed E-state index contributed by atoms with van der Waals surface area (Å²) in [7, 11) is 0. The van der Waals surface area contributed by atoms with Gasteiger partial charge in [-0.25, -0.2) is 4.39 Å². The predicted molar refractivity (Wildman–Crippen MR) is 107 cm³/mol. The number of aromatic amines is 1. The number of ketones is 1. The maximum absolute atomic E-state index is 13.9. The summed E-state index contributed by atoms with van der Waals surface area (Å²) in [6, 6.07) is 11.1. The summed E-state index contributed by atoms with van der Waals surface area (Å²) in [6.45, 7) is 2.64. The summed E-state index contributed by atoms with van der Waals surface area (Å²) >= 11 is 0. The van der Waals surface area contributed by atoms with Crippen molar-refractivity contribution in [1.29, 1.82) is 0 Å². The van der Waals surface area contributed by atoms with Crippen LogP contribution in [0.1, 0.15) is 27.6 Å². The number of rotatable bonds is 6. The van der Waals surface area contributed by atoms with Crippen molar-refractivity contribution < 1.29 is 23.5 Å². The van der Waals surface area contributed by atoms with E-state index in [2.05, 4.69) is 20.6 Å². The van der Waals surface area contributed by atoms with Crippen LogP contribution in [-0.4, -0.2) is 69.6 Å². The zero-order chi connectivity index (χ0) is 21.8. The Hall–Kier alpha value is -3.66. The van der Waals surface area contributed by atoms with Crippen LogP contribution < -0.4 is 4.74 Å². The first-order valence-electron chi connectivity index (χ1n) is 9.69. The Morgan fingerprint density at radius 2 is 2.06 bits per heavy atom. The van der Waals surface area contributed by atoms with Crippen LogP contribution in [0, 0.1) is 5.82 Å². The molecular formula is C21H20FN5O4. The molecule has 2 aromatic carbocycles. The average Bonchev–Trinajstić information content (AvgIpc) is 3.32. The van der Waals surface area contributed by atoms with Gasteiger partial charge in [0.25, 0.3) is 5.91 Å². The number of hydrogen-bond donors (Lipinski definition) is 1. The fraction of sp³-hybridized carbons (Fsp3) is 0.286. The third kappa shape index (κ3) is 4.75. The SMILES string of the molecule is CC(=O)c1ccc(OCC2CN(C(=O)c3ccc(-c4nn[nH]n4)cc3)CCO2)cc1F. The zero-order valence-electron chi connectivity index (χ0n) is 16.7. The second-order valence-electron chi connectivity index (χ2n) is 7.07. The van der Waals surface area contributed by atoms with Gasteiger partial charge in [-0.2, -0.15) is 5.21 Å². The van der Waals surface area contributed by atoms with E-state index in [1.54, 1.807) is 29.2 Å². The first-order valence-corrected chi connectivity index (χ1v) is 9.69. The third-order valence-electron chi connectivity index (χ3n) is 4.92. The van der Waals surface area contributed by atoms with Gasteiger partial charge in [0.05, 0.1) is 18.7 Å². The van der Waals surface area contributed by atoms with Gasteiger partial charge in [0, 0.05) is 23.7 Å². The topological polar surface area (TPSA) is 110 Å². The lowest BCUT2D eigenvalue weighted by Gasteiger charge is -2.33. The fourth-order valence-electron chi connectivity index (χ4n) is 3.29. The minimum atomic E-state index is -0.629. The Balaban J connectivity index is 1.35. The first-order chi connectivity index (χ1) is 15.0. The number of carbonyl (C=O) groups is 2. The number of tetrazole rings is 1. The lowest BCUT2D eigenvalue weighted by molar-refractivity contribution is -0.0401. The van der Waals surface area contributed by atoms with Crippen LogP contribution in [-0.2, 0) is 4.74 Å². The molecule has 0 bridgehead atoms. The maximum Gasteiger partial charge on any atom is 0.254 e. The van der Waals surface area contributed by atoms with E-state index < -0.39 is 5.82 Å². The number of halogens is 1. The molecule has 2 heterocycles. The molecule has 1 fully saturated rings. The molecule has 9 nitrogen and oxygen atoms in total. The number of hydrogen-bond acceptors (Lipinski definition) is 7. The van der Waals surface area contributed by atoms with Gasteiger partial charge in [0.2, 0.25) is 5.82 Å². The molecule has 1 atom stereocenters. The van der Waals surface area contributed by atoms with Crippen LogP contribution in [0.25, 0.3) is 11.4 Å². The minimum Gasteiger partial charge on any atom is -0.491 e. The summed E-state index contributed by atoms with van der Waals surface area (Å²) in [5.41, 5.74) is 1.31. The van der Waals surface area contributed by atoms with E-state index in [0.717, 1.165) is 5.56 Å². The standard InChI is InChI=1S/C21H20FN5O4/c1-13(28)18-7-6-16(10-19(18)22)31-12-17-11-27(8-9-30-17)21(29)15-4-2-14(3-5-15)20-23-25-26-24-20/h2-7,10,17H,8-9,11-12H2,1H3,(H,23,24,25,26). The molecule has 10 heteroatoms. The number of amides is 1. The largest absolute Gasteiger partial charge is 0.491 e. The summed E-state index contributed by atoms with van der Waals surface area (Å²) in [6.07, 6.45) is -0.355. The van der Waals surface area contributed by atoms with E-state index in [1.807, 2.05) is 0 Å². The molecule has 160 valence electrons. The van der Waals surface area contributed by atoms with E-state index in [0.29, 0.717) is 36.8 Å². The maximum atomic E-state index is 13.9. The fourth-order valence-corrected chi connectivity index (χ4v) is 3.29. The van der Waals surface area contributed by atoms with Crippen LogP contribution in [0.3, 0.4) is 0 Å². The Kier molecular flexibility index (Phi) is 5.99. The number of morpholine rings is 1. The Morgan fingerprint density at radius 3 is 2.74 bits per heavy atom. The normalized spacial score (nSPS) is 16.2. The van der Waals surface area contributed by atoms with Gasteiger partial charge in [-0.15, -0.1) is 10.2 Å². The number of aromatic nitrogens is 4. The first kappa shape index (κ1) is 20.6. The Bertz CT molecular complexity index is 1070. The van der Waals surface area contributed by atoms with Gasteiger partial charge < -0.3 is 14.4 Å². The summed E-state index contributed by atoms with van der Waals surface area (Å²) in [5.74, 6) is -0.346. The van der Waals surface area contributed by atoms with Gasteiger partial charge in [0.1, 0.15) is 24.3 Å². The van der Waals surface area contributed by atoms with Crippen molar-refractivity contribution in [1.82, 2.24) is 25.5 Å². The Labute approximate surface area is 177 Å². The molecule has 1 N–H and O–H groups in total. The van der Waals surface area contributed by atoms with Crippen molar-refractivity contribution in [3.63, 3.8) is 0 Å². The van der Waals surface area contributed by atoms with Crippen LogP contribution in [0.15, 0.2) is 42.5 Å². The monoisotopic (exact) mass is 425 g/mol. The van der Waals surface area contributed by atoms with Crippen LogP contribution >= 0.6 is 0 Å². The molecule has 3 aromatic rings. The zero-order valence-corrected chi connectivity index (χ0v) is 16.7. The molecule has 31 heavy (non-hydrogen) atoms. The van der Waals surface area contributed by atoms with Crippen molar-refractivity contribution >= 4 is 11.7 Å². The van der Waals surface area contributed by atoms with Gasteiger partial charge >= 0.3 is 0 Å². The number of H-pyrrole nitrogens is 1. The minimum absolute atomic E-state index is 0.0170. The van der Waals surface area contributed by atoms with Gasteiger partial charge in [-0.3, -0.25) is 9.59 Å². The van der Waals surface area contributed by atoms with Crippen LogP contribution in [0.4, 0.5) is 4.39 Å². The van der Waals surface area contributed by atoms with Crippen molar-refractivity contribution in [3.05, 3.63) is 59.4 Å². The highest BCUT2D eigenvalue weighted by molar-refractivity contribution is 5.95. The molecule has 4 rings (SSSR count). The van der Waals surface area contributed by atoms with Crippen molar-refractivity contribution in [3.8, 4) is 17.1 Å². The second kappa shape index (κ2) is 9.00. The number of nitrogens with one attached hydrogen (secondary N) is 1. The van der Waals surface area contributed by atoms with Crippen molar-refractivity contribution in [2.45, 2.75) is 13.0 Å². The molecule has 1 amide bonds. The van der Waals surface area contributed by atoms with E-state index in [-0.39, 0.29) is 30.0 Å². The molecule has 1 saturated heterocycles. The molecule has 0 aliphatic carbocycles. The van der Waals surface area contributed by atoms with Crippen LogP contribution in [0.5, 0.6) is 5.75 Å². The number of carbonyl (C=O) groups excluding carboxylic acids is 2. The van der Waals surface area contributed by atoms with Gasteiger partial charge in [0.15, 0.2) is 5.78 Å². The summed E-state index contributed by atoms with van der Waals surface area (Å²) < 4.78 is 25.2. The van der Waals surface area contributed by atoms with E-state index in [4.69, 9.17) is 9.47 Å². The van der Waals surface area contributed by atoms with Gasteiger partial charge in [-0.05, 0) is 36.4 Å². The van der Waals surface area contributed by atoms with Crippen LogP contribution in [0.2, 0.25) is 0 Å². The third-order valence-corrected chi connectivity index (χ3v) is 4.92. The number of nitrogens with zero attached hydrogens (tertiary/aromatic N) is 4. The molecule has 1 unspecified atom stereocenters. The molecule has 0 spiro atoms.